The van der Waals surface area contributed by atoms with Crippen LogP contribution in [-0.2, 0) is 16.0 Å². The molecule has 2 aliphatic rings. The van der Waals surface area contributed by atoms with E-state index in [1.54, 1.807) is 0 Å². The minimum absolute atomic E-state index is 0.0551. The number of hydrogen-bond donors (Lipinski definition) is 1. The Hall–Kier alpha value is -1.84. The molecule has 0 spiro atoms. The summed E-state index contributed by atoms with van der Waals surface area (Å²) in [5.41, 5.74) is 1.23. The van der Waals surface area contributed by atoms with Crippen LogP contribution in [0.4, 0.5) is 0 Å². The number of carbonyl (C=O) groups is 1. The van der Waals surface area contributed by atoms with Crippen LogP contribution in [0, 0.1) is 0 Å². The van der Waals surface area contributed by atoms with Gasteiger partial charge in [0.1, 0.15) is 6.61 Å². The van der Waals surface area contributed by atoms with Crippen molar-refractivity contribution in [2.45, 2.75) is 50.6 Å². The van der Waals surface area contributed by atoms with E-state index >= 15 is 0 Å². The monoisotopic (exact) mass is 286 g/mol. The summed E-state index contributed by atoms with van der Waals surface area (Å²) >= 11 is 0. The maximum Gasteiger partial charge on any atom is 0.306 e. The van der Waals surface area contributed by atoms with Crippen LogP contribution < -0.4 is 5.32 Å². The quantitative estimate of drug-likeness (QED) is 0.924. The van der Waals surface area contributed by atoms with E-state index < -0.39 is 0 Å². The number of aliphatic imine (C=N–C) groups is 1. The first-order chi connectivity index (χ1) is 10.3. The average molecular weight is 286 g/mol. The Bertz CT molecular complexity index is 507. The molecule has 112 valence electrons. The largest absolute Gasteiger partial charge is 0.472 e. The number of rotatable bonds is 4. The molecule has 4 nitrogen and oxygen atoms in total. The third-order valence-corrected chi connectivity index (χ3v) is 4.16. The van der Waals surface area contributed by atoms with E-state index in [0.29, 0.717) is 12.6 Å². The molecule has 0 saturated heterocycles. The second-order valence-electron chi connectivity index (χ2n) is 5.90. The third-order valence-electron chi connectivity index (χ3n) is 4.16. The molecule has 1 unspecified atom stereocenters. The van der Waals surface area contributed by atoms with Crippen LogP contribution in [0.2, 0.25) is 0 Å². The van der Waals surface area contributed by atoms with E-state index in [1.165, 1.54) is 24.8 Å². The van der Waals surface area contributed by atoms with Gasteiger partial charge in [0.2, 0.25) is 0 Å². The molecule has 4 heteroatoms. The molecule has 1 atom stereocenters. The van der Waals surface area contributed by atoms with Crippen molar-refractivity contribution in [1.82, 2.24) is 5.32 Å². The van der Waals surface area contributed by atoms with Crippen LogP contribution in [0.25, 0.3) is 0 Å². The first kappa shape index (κ1) is 14.1. The van der Waals surface area contributed by atoms with Crippen LogP contribution in [0.5, 0.6) is 0 Å². The Labute approximate surface area is 125 Å². The number of carbonyl (C=O) groups excluding carboxylic acids is 1. The summed E-state index contributed by atoms with van der Waals surface area (Å²) in [5.74, 6) is 0.124. The van der Waals surface area contributed by atoms with Crippen LogP contribution in [0.15, 0.2) is 35.3 Å². The van der Waals surface area contributed by atoms with Gasteiger partial charge in [0, 0.05) is 6.04 Å². The smallest absolute Gasteiger partial charge is 0.306 e. The molecule has 1 saturated carbocycles. The highest BCUT2D eigenvalue weighted by Gasteiger charge is 2.26. The fraction of sp³-hybridized carbons (Fsp3) is 0.529. The van der Waals surface area contributed by atoms with Crippen molar-refractivity contribution < 1.29 is 9.53 Å². The maximum absolute atomic E-state index is 12.1. The van der Waals surface area contributed by atoms with E-state index in [9.17, 15) is 4.79 Å². The first-order valence-corrected chi connectivity index (χ1v) is 7.86. The lowest BCUT2D eigenvalue weighted by molar-refractivity contribution is -0.116. The predicted octanol–water partition coefficient (Wildman–Crippen LogP) is 2.48. The van der Waals surface area contributed by atoms with Gasteiger partial charge in [-0.2, -0.15) is 0 Å². The van der Waals surface area contributed by atoms with Crippen LogP contribution >= 0.6 is 0 Å². The SMILES string of the molecule is O=C(NC1CCCCC1)C1=NC(Cc2ccccc2)CO1. The molecule has 1 aromatic rings. The van der Waals surface area contributed by atoms with Gasteiger partial charge < -0.3 is 10.1 Å². The number of amides is 1. The Balaban J connectivity index is 1.53. The zero-order valence-corrected chi connectivity index (χ0v) is 12.3. The lowest BCUT2D eigenvalue weighted by Gasteiger charge is -2.22. The standard InChI is InChI=1S/C17H22N2O2/c20-16(18-14-9-5-2-6-10-14)17-19-15(12-21-17)11-13-7-3-1-4-8-13/h1,3-4,7-8,14-15H,2,5-6,9-12H2,(H,18,20). The van der Waals surface area contributed by atoms with Gasteiger partial charge >= 0.3 is 5.91 Å². The molecular weight excluding hydrogens is 264 g/mol. The summed E-state index contributed by atoms with van der Waals surface area (Å²) in [5, 5.41) is 3.05. The fourth-order valence-corrected chi connectivity index (χ4v) is 3.02. The molecule has 0 aromatic heterocycles. The maximum atomic E-state index is 12.1. The normalized spacial score (nSPS) is 22.5. The second-order valence-corrected chi connectivity index (χ2v) is 5.90. The summed E-state index contributed by atoms with van der Waals surface area (Å²) in [6.07, 6.45) is 6.66. The fourth-order valence-electron chi connectivity index (χ4n) is 3.02. The van der Waals surface area contributed by atoms with E-state index in [2.05, 4.69) is 22.4 Å². The highest BCUT2D eigenvalue weighted by molar-refractivity contribution is 6.35. The van der Waals surface area contributed by atoms with Crippen molar-refractivity contribution in [2.24, 2.45) is 4.99 Å². The molecule has 3 rings (SSSR count). The highest BCUT2D eigenvalue weighted by atomic mass is 16.5. The minimum atomic E-state index is -0.141. The molecule has 0 radical (unpaired) electrons. The topological polar surface area (TPSA) is 50.7 Å². The van der Waals surface area contributed by atoms with Crippen molar-refractivity contribution in [3.63, 3.8) is 0 Å². The zero-order chi connectivity index (χ0) is 14.5. The number of hydrogen-bond acceptors (Lipinski definition) is 3. The summed E-state index contributed by atoms with van der Waals surface area (Å²) in [6.45, 7) is 0.502. The Kier molecular flexibility index (Phi) is 4.53. The highest BCUT2D eigenvalue weighted by Crippen LogP contribution is 2.18. The van der Waals surface area contributed by atoms with Gasteiger partial charge in [0.25, 0.3) is 5.90 Å². The number of benzene rings is 1. The van der Waals surface area contributed by atoms with Gasteiger partial charge in [-0.1, -0.05) is 49.6 Å². The van der Waals surface area contributed by atoms with Crippen molar-refractivity contribution in [2.75, 3.05) is 6.61 Å². The zero-order valence-electron chi connectivity index (χ0n) is 12.3. The van der Waals surface area contributed by atoms with Gasteiger partial charge in [0.15, 0.2) is 0 Å². The van der Waals surface area contributed by atoms with Crippen molar-refractivity contribution in [1.29, 1.82) is 0 Å². The van der Waals surface area contributed by atoms with Crippen LogP contribution in [-0.4, -0.2) is 30.5 Å². The van der Waals surface area contributed by atoms with Gasteiger partial charge in [-0.05, 0) is 24.8 Å². The van der Waals surface area contributed by atoms with Crippen molar-refractivity contribution >= 4 is 11.8 Å². The molecule has 1 aromatic carbocycles. The molecule has 1 aliphatic carbocycles. The van der Waals surface area contributed by atoms with Crippen molar-refractivity contribution in [3.05, 3.63) is 35.9 Å². The molecule has 1 fully saturated rings. The van der Waals surface area contributed by atoms with Gasteiger partial charge in [-0.15, -0.1) is 0 Å². The predicted molar refractivity (Wildman–Crippen MR) is 82.3 cm³/mol. The summed E-state index contributed by atoms with van der Waals surface area (Å²) in [4.78, 5) is 16.6. The van der Waals surface area contributed by atoms with Crippen LogP contribution in [0.3, 0.4) is 0 Å². The molecule has 0 bridgehead atoms. The summed E-state index contributed by atoms with van der Waals surface area (Å²) < 4.78 is 5.48. The molecule has 1 heterocycles. The molecular formula is C17H22N2O2. The molecule has 21 heavy (non-hydrogen) atoms. The Morgan fingerprint density at radius 3 is 2.71 bits per heavy atom. The van der Waals surface area contributed by atoms with Gasteiger partial charge in [0.05, 0.1) is 6.04 Å². The number of nitrogens with one attached hydrogen (secondary N) is 1. The Morgan fingerprint density at radius 1 is 1.19 bits per heavy atom. The minimum Gasteiger partial charge on any atom is -0.472 e. The second kappa shape index (κ2) is 6.74. The van der Waals surface area contributed by atoms with E-state index in [-0.39, 0.29) is 17.8 Å². The summed E-state index contributed by atoms with van der Waals surface area (Å²) in [6, 6.07) is 10.5. The van der Waals surface area contributed by atoms with Crippen LogP contribution in [0.1, 0.15) is 37.7 Å². The van der Waals surface area contributed by atoms with E-state index in [1.807, 2.05) is 18.2 Å². The van der Waals surface area contributed by atoms with Gasteiger partial charge in [-0.3, -0.25) is 4.79 Å². The Morgan fingerprint density at radius 2 is 1.95 bits per heavy atom. The first-order valence-electron chi connectivity index (χ1n) is 7.86. The van der Waals surface area contributed by atoms with E-state index in [0.717, 1.165) is 19.3 Å². The molecule has 1 amide bonds. The summed E-state index contributed by atoms with van der Waals surface area (Å²) in [7, 11) is 0. The lowest BCUT2D eigenvalue weighted by atomic mass is 9.95. The number of nitrogens with zero attached hydrogens (tertiary/aromatic N) is 1. The lowest BCUT2D eigenvalue weighted by Crippen LogP contribution is -2.40. The van der Waals surface area contributed by atoms with Crippen molar-refractivity contribution in [3.8, 4) is 0 Å². The number of ether oxygens (including phenoxy) is 1. The van der Waals surface area contributed by atoms with Gasteiger partial charge in [-0.25, -0.2) is 4.99 Å². The average Bonchev–Trinajstić information content (AvgIpc) is 2.98. The molecule has 1 N–H and O–H groups in total. The van der Waals surface area contributed by atoms with E-state index in [4.69, 9.17) is 4.74 Å². The third kappa shape index (κ3) is 3.84. The molecule has 1 aliphatic heterocycles.